The Balaban J connectivity index is 2.33. The quantitative estimate of drug-likeness (QED) is 0.456. The highest BCUT2D eigenvalue weighted by Gasteiger charge is 2.16. The minimum absolute atomic E-state index is 0.0418. The molecule has 22 heavy (non-hydrogen) atoms. The SMILES string of the molecule is COCCNC(=O)COC(=O)CNS(=O)(=O)c1ccccc1. The third-order valence-electron chi connectivity index (χ3n) is 2.45. The molecule has 1 aromatic rings. The van der Waals surface area contributed by atoms with Crippen LogP contribution >= 0.6 is 0 Å². The van der Waals surface area contributed by atoms with Crippen LogP contribution in [0.5, 0.6) is 0 Å². The van der Waals surface area contributed by atoms with Crippen LogP contribution in [-0.2, 0) is 29.1 Å². The average Bonchev–Trinajstić information content (AvgIpc) is 2.52. The van der Waals surface area contributed by atoms with E-state index in [4.69, 9.17) is 4.74 Å². The number of carbonyl (C=O) groups is 2. The van der Waals surface area contributed by atoms with Crippen molar-refractivity contribution >= 4 is 21.9 Å². The smallest absolute Gasteiger partial charge is 0.321 e. The Morgan fingerprint density at radius 3 is 2.50 bits per heavy atom. The molecule has 0 aliphatic heterocycles. The topological polar surface area (TPSA) is 111 Å². The first-order valence-electron chi connectivity index (χ1n) is 6.41. The molecule has 0 unspecified atom stereocenters. The van der Waals surface area contributed by atoms with Gasteiger partial charge in [-0.25, -0.2) is 8.42 Å². The van der Waals surface area contributed by atoms with Gasteiger partial charge in [0, 0.05) is 13.7 Å². The largest absolute Gasteiger partial charge is 0.455 e. The van der Waals surface area contributed by atoms with Crippen LogP contribution < -0.4 is 10.0 Å². The highest BCUT2D eigenvalue weighted by Crippen LogP contribution is 2.06. The van der Waals surface area contributed by atoms with Crippen LogP contribution in [-0.4, -0.2) is 53.7 Å². The van der Waals surface area contributed by atoms with Gasteiger partial charge < -0.3 is 14.8 Å². The number of sulfonamides is 1. The predicted molar refractivity (Wildman–Crippen MR) is 77.5 cm³/mol. The lowest BCUT2D eigenvalue weighted by Crippen LogP contribution is -2.34. The maximum absolute atomic E-state index is 11.8. The fourth-order valence-corrected chi connectivity index (χ4v) is 2.37. The fraction of sp³-hybridized carbons (Fsp3) is 0.385. The van der Waals surface area contributed by atoms with Crippen molar-refractivity contribution in [2.45, 2.75) is 4.90 Å². The van der Waals surface area contributed by atoms with Crippen LogP contribution in [0.15, 0.2) is 35.2 Å². The number of nitrogens with one attached hydrogen (secondary N) is 2. The summed E-state index contributed by atoms with van der Waals surface area (Å²) in [5, 5.41) is 2.46. The summed E-state index contributed by atoms with van der Waals surface area (Å²) in [6.07, 6.45) is 0. The second kappa shape index (κ2) is 9.13. The first-order chi connectivity index (χ1) is 10.5. The van der Waals surface area contributed by atoms with Gasteiger partial charge in [0.25, 0.3) is 5.91 Å². The lowest BCUT2D eigenvalue weighted by atomic mass is 10.4. The molecule has 1 aromatic carbocycles. The van der Waals surface area contributed by atoms with Gasteiger partial charge in [0.05, 0.1) is 11.5 Å². The van der Waals surface area contributed by atoms with Crippen LogP contribution in [0, 0.1) is 0 Å². The van der Waals surface area contributed by atoms with Crippen molar-refractivity contribution in [2.75, 3.05) is 33.4 Å². The molecule has 8 nitrogen and oxygen atoms in total. The number of rotatable bonds is 9. The highest BCUT2D eigenvalue weighted by molar-refractivity contribution is 7.89. The van der Waals surface area contributed by atoms with Gasteiger partial charge in [-0.3, -0.25) is 9.59 Å². The van der Waals surface area contributed by atoms with E-state index in [0.29, 0.717) is 13.2 Å². The number of benzene rings is 1. The molecule has 0 fully saturated rings. The number of amides is 1. The van der Waals surface area contributed by atoms with Crippen molar-refractivity contribution in [3.8, 4) is 0 Å². The van der Waals surface area contributed by atoms with Gasteiger partial charge in [-0.15, -0.1) is 0 Å². The molecule has 2 N–H and O–H groups in total. The fourth-order valence-electron chi connectivity index (χ4n) is 1.38. The lowest BCUT2D eigenvalue weighted by molar-refractivity contribution is -0.147. The Labute approximate surface area is 128 Å². The normalized spacial score (nSPS) is 11.0. The zero-order chi connectivity index (χ0) is 16.4. The number of ether oxygens (including phenoxy) is 2. The van der Waals surface area contributed by atoms with Gasteiger partial charge in [-0.05, 0) is 12.1 Å². The van der Waals surface area contributed by atoms with Crippen LogP contribution in [0.4, 0.5) is 0 Å². The number of hydrogen-bond acceptors (Lipinski definition) is 6. The zero-order valence-electron chi connectivity index (χ0n) is 12.1. The highest BCUT2D eigenvalue weighted by atomic mass is 32.2. The van der Waals surface area contributed by atoms with Crippen molar-refractivity contribution in [1.82, 2.24) is 10.0 Å². The molecule has 0 saturated heterocycles. The molecule has 122 valence electrons. The van der Waals surface area contributed by atoms with E-state index in [2.05, 4.69) is 14.8 Å². The molecule has 0 saturated carbocycles. The second-order valence-corrected chi connectivity index (χ2v) is 5.91. The van der Waals surface area contributed by atoms with Gasteiger partial charge in [0.1, 0.15) is 6.54 Å². The minimum atomic E-state index is -3.78. The number of esters is 1. The predicted octanol–water partition coefficient (Wildman–Crippen LogP) is -0.729. The Bertz CT molecular complexity index is 588. The molecule has 0 aliphatic rings. The first-order valence-corrected chi connectivity index (χ1v) is 7.90. The third kappa shape index (κ3) is 6.66. The van der Waals surface area contributed by atoms with E-state index in [9.17, 15) is 18.0 Å². The van der Waals surface area contributed by atoms with E-state index in [-0.39, 0.29) is 4.90 Å². The molecule has 0 spiro atoms. The molecule has 1 amide bonds. The molecular formula is C13H18N2O6S. The molecule has 0 bridgehead atoms. The van der Waals surface area contributed by atoms with Gasteiger partial charge in [0.15, 0.2) is 6.61 Å². The minimum Gasteiger partial charge on any atom is -0.455 e. The van der Waals surface area contributed by atoms with Gasteiger partial charge in [-0.2, -0.15) is 4.72 Å². The van der Waals surface area contributed by atoms with Gasteiger partial charge >= 0.3 is 5.97 Å². The molecule has 0 aromatic heterocycles. The summed E-state index contributed by atoms with van der Waals surface area (Å²) < 4.78 is 35.2. The van der Waals surface area contributed by atoms with Gasteiger partial charge in [-0.1, -0.05) is 18.2 Å². The van der Waals surface area contributed by atoms with Crippen LogP contribution in [0.25, 0.3) is 0 Å². The lowest BCUT2D eigenvalue weighted by Gasteiger charge is -2.08. The summed E-state index contributed by atoms with van der Waals surface area (Å²) >= 11 is 0. The maximum atomic E-state index is 11.8. The Hall–Kier alpha value is -1.97. The van der Waals surface area contributed by atoms with E-state index in [1.807, 2.05) is 0 Å². The molecule has 0 heterocycles. The zero-order valence-corrected chi connectivity index (χ0v) is 12.9. The monoisotopic (exact) mass is 330 g/mol. The van der Waals surface area contributed by atoms with E-state index in [1.54, 1.807) is 18.2 Å². The van der Waals surface area contributed by atoms with Crippen molar-refractivity contribution in [3.63, 3.8) is 0 Å². The first kappa shape index (κ1) is 18.1. The van der Waals surface area contributed by atoms with Crippen molar-refractivity contribution < 1.29 is 27.5 Å². The van der Waals surface area contributed by atoms with E-state index >= 15 is 0 Å². The average molecular weight is 330 g/mol. The van der Waals surface area contributed by atoms with Gasteiger partial charge in [0.2, 0.25) is 10.0 Å². The molecular weight excluding hydrogens is 312 g/mol. The summed E-state index contributed by atoms with van der Waals surface area (Å²) in [6, 6.07) is 7.61. The van der Waals surface area contributed by atoms with E-state index < -0.39 is 35.1 Å². The number of carbonyl (C=O) groups excluding carboxylic acids is 2. The van der Waals surface area contributed by atoms with Crippen molar-refractivity contribution in [3.05, 3.63) is 30.3 Å². The summed E-state index contributed by atoms with van der Waals surface area (Å²) in [7, 11) is -2.29. The molecule has 0 aliphatic carbocycles. The van der Waals surface area contributed by atoms with Crippen molar-refractivity contribution in [1.29, 1.82) is 0 Å². The standard InChI is InChI=1S/C13H18N2O6S/c1-20-8-7-14-12(16)10-21-13(17)9-15-22(18,19)11-5-3-2-4-6-11/h2-6,15H,7-10H2,1H3,(H,14,16). The molecule has 0 atom stereocenters. The van der Waals surface area contributed by atoms with Crippen LogP contribution in [0.1, 0.15) is 0 Å². The number of hydrogen-bond donors (Lipinski definition) is 2. The molecule has 9 heteroatoms. The summed E-state index contributed by atoms with van der Waals surface area (Å²) in [5.41, 5.74) is 0. The summed E-state index contributed by atoms with van der Waals surface area (Å²) in [4.78, 5) is 22.7. The summed E-state index contributed by atoms with van der Waals surface area (Å²) in [6.45, 7) is -0.387. The van der Waals surface area contributed by atoms with Crippen LogP contribution in [0.2, 0.25) is 0 Å². The maximum Gasteiger partial charge on any atom is 0.321 e. The van der Waals surface area contributed by atoms with Crippen molar-refractivity contribution in [2.24, 2.45) is 0 Å². The Morgan fingerprint density at radius 2 is 1.86 bits per heavy atom. The third-order valence-corrected chi connectivity index (χ3v) is 3.87. The summed E-state index contributed by atoms with van der Waals surface area (Å²) in [5.74, 6) is -1.34. The van der Waals surface area contributed by atoms with Crippen LogP contribution in [0.3, 0.4) is 0 Å². The molecule has 1 rings (SSSR count). The van der Waals surface area contributed by atoms with E-state index in [1.165, 1.54) is 19.2 Å². The Morgan fingerprint density at radius 1 is 1.18 bits per heavy atom. The van der Waals surface area contributed by atoms with E-state index in [0.717, 1.165) is 0 Å². The number of methoxy groups -OCH3 is 1. The molecule has 0 radical (unpaired) electrons. The Kier molecular flexibility index (Phi) is 7.50. The second-order valence-electron chi connectivity index (χ2n) is 4.14.